The highest BCUT2D eigenvalue weighted by molar-refractivity contribution is 5.75. The van der Waals surface area contributed by atoms with E-state index in [0.29, 0.717) is 17.9 Å². The maximum Gasteiger partial charge on any atom is 0.317 e. The number of hydrogen-bond donors (Lipinski definition) is 2. The van der Waals surface area contributed by atoms with Crippen LogP contribution in [0.1, 0.15) is 32.1 Å². The summed E-state index contributed by atoms with van der Waals surface area (Å²) in [5.41, 5.74) is 0. The Morgan fingerprint density at radius 1 is 1.06 bits per heavy atom. The van der Waals surface area contributed by atoms with Gasteiger partial charge >= 0.3 is 12.0 Å². The molecule has 1 saturated heterocycles. The van der Waals surface area contributed by atoms with E-state index in [1.807, 2.05) is 4.90 Å². The Morgan fingerprint density at radius 2 is 1.67 bits per heavy atom. The Labute approximate surface area is 107 Å². The summed E-state index contributed by atoms with van der Waals surface area (Å²) in [5.74, 6) is -0.102. The van der Waals surface area contributed by atoms with Gasteiger partial charge in [0.1, 0.15) is 0 Å². The number of rotatable bonds is 2. The van der Waals surface area contributed by atoms with E-state index in [1.165, 1.54) is 0 Å². The molecule has 0 aromatic heterocycles. The Bertz CT molecular complexity index is 353. The topological polar surface area (TPSA) is 69.6 Å². The lowest BCUT2D eigenvalue weighted by Crippen LogP contribution is -2.51. The van der Waals surface area contributed by atoms with Gasteiger partial charge in [-0.3, -0.25) is 4.79 Å². The summed E-state index contributed by atoms with van der Waals surface area (Å²) in [7, 11) is 0. The van der Waals surface area contributed by atoms with E-state index < -0.39 is 5.97 Å². The molecule has 0 spiro atoms. The maximum absolute atomic E-state index is 12.0. The molecule has 3 fully saturated rings. The van der Waals surface area contributed by atoms with Crippen molar-refractivity contribution in [3.63, 3.8) is 0 Å². The first kappa shape index (κ1) is 11.8. The molecule has 2 N–H and O–H groups in total. The van der Waals surface area contributed by atoms with Crippen molar-refractivity contribution in [2.75, 3.05) is 13.1 Å². The van der Waals surface area contributed by atoms with Gasteiger partial charge in [0.2, 0.25) is 0 Å². The van der Waals surface area contributed by atoms with Crippen LogP contribution in [-0.4, -0.2) is 41.1 Å². The second-order valence-electron chi connectivity index (χ2n) is 6.10. The van der Waals surface area contributed by atoms with Crippen LogP contribution in [0, 0.1) is 17.8 Å². The fourth-order valence-corrected chi connectivity index (χ4v) is 3.42. The number of piperidine rings is 1. The first-order chi connectivity index (χ1) is 8.61. The monoisotopic (exact) mass is 252 g/mol. The zero-order valence-corrected chi connectivity index (χ0v) is 10.5. The molecule has 3 rings (SSSR count). The van der Waals surface area contributed by atoms with Gasteiger partial charge in [0.05, 0.1) is 5.92 Å². The summed E-state index contributed by atoms with van der Waals surface area (Å²) in [4.78, 5) is 25.0. The second kappa shape index (κ2) is 4.44. The average molecular weight is 252 g/mol. The summed E-state index contributed by atoms with van der Waals surface area (Å²) in [6, 6.07) is 0.451. The third-order valence-corrected chi connectivity index (χ3v) is 4.40. The zero-order valence-electron chi connectivity index (χ0n) is 10.5. The molecule has 0 aromatic rings. The van der Waals surface area contributed by atoms with Crippen molar-refractivity contribution >= 4 is 12.0 Å². The number of urea groups is 1. The molecule has 3 aliphatic rings. The molecule has 100 valence electrons. The van der Waals surface area contributed by atoms with E-state index in [9.17, 15) is 9.59 Å². The van der Waals surface area contributed by atoms with Crippen LogP contribution in [0.4, 0.5) is 4.79 Å². The van der Waals surface area contributed by atoms with E-state index in [1.54, 1.807) is 0 Å². The lowest BCUT2D eigenvalue weighted by atomic mass is 9.72. The smallest absolute Gasteiger partial charge is 0.317 e. The largest absolute Gasteiger partial charge is 0.481 e. The van der Waals surface area contributed by atoms with Gasteiger partial charge in [0.15, 0.2) is 0 Å². The highest BCUT2D eigenvalue weighted by Gasteiger charge is 2.39. The zero-order chi connectivity index (χ0) is 12.7. The summed E-state index contributed by atoms with van der Waals surface area (Å²) in [5, 5.41) is 12.1. The van der Waals surface area contributed by atoms with Crippen molar-refractivity contribution < 1.29 is 14.7 Å². The maximum atomic E-state index is 12.0. The van der Waals surface area contributed by atoms with Gasteiger partial charge in [-0.1, -0.05) is 0 Å². The predicted octanol–water partition coefficient (Wildman–Crippen LogP) is 1.29. The Hall–Kier alpha value is -1.26. The van der Waals surface area contributed by atoms with Crippen LogP contribution < -0.4 is 5.32 Å². The third-order valence-electron chi connectivity index (χ3n) is 4.40. The van der Waals surface area contributed by atoms with Gasteiger partial charge in [0, 0.05) is 19.1 Å². The number of hydrogen-bond acceptors (Lipinski definition) is 2. The van der Waals surface area contributed by atoms with E-state index in [2.05, 4.69) is 5.32 Å². The van der Waals surface area contributed by atoms with Gasteiger partial charge < -0.3 is 15.3 Å². The highest BCUT2D eigenvalue weighted by Crippen LogP contribution is 2.38. The minimum absolute atomic E-state index is 0.0565. The first-order valence-electron chi connectivity index (χ1n) is 6.90. The number of carbonyl (C=O) groups excluding carboxylic acids is 1. The fourth-order valence-electron chi connectivity index (χ4n) is 3.42. The van der Waals surface area contributed by atoms with Crippen molar-refractivity contribution in [1.82, 2.24) is 10.2 Å². The molecular formula is C13H20N2O3. The standard InChI is InChI=1S/C13H20N2O3/c16-12(17)10-4-8-3-9(5-10)7-15(6-8)13(18)14-11-1-2-11/h8-11H,1-7H2,(H,14,18)(H,16,17). The van der Waals surface area contributed by atoms with Gasteiger partial charge in [-0.05, 0) is 43.9 Å². The molecule has 1 aliphatic heterocycles. The van der Waals surface area contributed by atoms with Crippen LogP contribution in [0.3, 0.4) is 0 Å². The number of nitrogens with zero attached hydrogens (tertiary/aromatic N) is 1. The summed E-state index contributed by atoms with van der Waals surface area (Å²) < 4.78 is 0. The molecule has 1 heterocycles. The van der Waals surface area contributed by atoms with Crippen molar-refractivity contribution in [1.29, 1.82) is 0 Å². The Morgan fingerprint density at radius 3 is 2.17 bits per heavy atom. The molecule has 2 atom stereocenters. The molecular weight excluding hydrogens is 232 g/mol. The van der Waals surface area contributed by atoms with Crippen LogP contribution in [0.25, 0.3) is 0 Å². The molecule has 18 heavy (non-hydrogen) atoms. The molecule has 5 heteroatoms. The van der Waals surface area contributed by atoms with E-state index in [4.69, 9.17) is 5.11 Å². The average Bonchev–Trinajstić information content (AvgIpc) is 3.11. The van der Waals surface area contributed by atoms with Crippen molar-refractivity contribution in [3.05, 3.63) is 0 Å². The highest BCUT2D eigenvalue weighted by atomic mass is 16.4. The number of amides is 2. The number of carboxylic acids is 1. The van der Waals surface area contributed by atoms with Crippen LogP contribution in [0.15, 0.2) is 0 Å². The van der Waals surface area contributed by atoms with E-state index >= 15 is 0 Å². The summed E-state index contributed by atoms with van der Waals surface area (Å²) in [6.45, 7) is 1.47. The van der Waals surface area contributed by atoms with Gasteiger partial charge in [-0.15, -0.1) is 0 Å². The number of fused-ring (bicyclic) bond motifs is 2. The fraction of sp³-hybridized carbons (Fsp3) is 0.846. The van der Waals surface area contributed by atoms with Crippen molar-refractivity contribution in [2.24, 2.45) is 17.8 Å². The Kier molecular flexibility index (Phi) is 2.92. The molecule has 5 nitrogen and oxygen atoms in total. The predicted molar refractivity (Wildman–Crippen MR) is 65.1 cm³/mol. The number of carboxylic acid groups (broad SMARTS) is 1. The lowest BCUT2D eigenvalue weighted by Gasteiger charge is -2.43. The van der Waals surface area contributed by atoms with Crippen LogP contribution in [-0.2, 0) is 4.79 Å². The second-order valence-corrected chi connectivity index (χ2v) is 6.10. The van der Waals surface area contributed by atoms with E-state index in [-0.39, 0.29) is 11.9 Å². The van der Waals surface area contributed by atoms with Crippen LogP contribution >= 0.6 is 0 Å². The molecule has 2 unspecified atom stereocenters. The summed E-state index contributed by atoms with van der Waals surface area (Å²) >= 11 is 0. The molecule has 2 saturated carbocycles. The first-order valence-corrected chi connectivity index (χ1v) is 6.90. The van der Waals surface area contributed by atoms with Gasteiger partial charge in [-0.25, -0.2) is 4.79 Å². The van der Waals surface area contributed by atoms with Crippen molar-refractivity contribution in [2.45, 2.75) is 38.1 Å². The molecule has 2 aliphatic carbocycles. The quantitative estimate of drug-likeness (QED) is 0.778. The SMILES string of the molecule is O=C(O)C1CC2CC(C1)CN(C(=O)NC1CC1)C2. The number of likely N-dealkylation sites (tertiary alicyclic amines) is 1. The Balaban J connectivity index is 1.59. The van der Waals surface area contributed by atoms with E-state index in [0.717, 1.165) is 45.2 Å². The molecule has 2 amide bonds. The van der Waals surface area contributed by atoms with Gasteiger partial charge in [0.25, 0.3) is 0 Å². The number of nitrogens with one attached hydrogen (secondary N) is 1. The normalized spacial score (nSPS) is 35.1. The number of carbonyl (C=O) groups is 2. The number of aliphatic carboxylic acids is 1. The van der Waals surface area contributed by atoms with Crippen LogP contribution in [0.2, 0.25) is 0 Å². The van der Waals surface area contributed by atoms with Gasteiger partial charge in [-0.2, -0.15) is 0 Å². The molecule has 0 radical (unpaired) electrons. The minimum atomic E-state index is -0.666. The molecule has 2 bridgehead atoms. The molecule has 0 aromatic carbocycles. The summed E-state index contributed by atoms with van der Waals surface area (Å²) in [6.07, 6.45) is 4.77. The van der Waals surface area contributed by atoms with Crippen molar-refractivity contribution in [3.8, 4) is 0 Å². The minimum Gasteiger partial charge on any atom is -0.481 e. The van der Waals surface area contributed by atoms with Crippen LogP contribution in [0.5, 0.6) is 0 Å². The third kappa shape index (κ3) is 2.44. The lowest BCUT2D eigenvalue weighted by molar-refractivity contribution is -0.144.